The van der Waals surface area contributed by atoms with Crippen molar-refractivity contribution < 1.29 is 31.1 Å². The number of ether oxygens (including phenoxy) is 1. The summed E-state index contributed by atoms with van der Waals surface area (Å²) in [6.07, 6.45) is -0.959. The van der Waals surface area contributed by atoms with Crippen molar-refractivity contribution in [3.63, 3.8) is 0 Å². The van der Waals surface area contributed by atoms with Crippen LogP contribution in [0.4, 0.5) is 24.8 Å². The highest BCUT2D eigenvalue weighted by Gasteiger charge is 2.62. The normalized spacial score (nSPS) is 23.6. The Morgan fingerprint density at radius 2 is 1.89 bits per heavy atom. The predicted octanol–water partition coefficient (Wildman–Crippen LogP) is 4.95. The first-order valence-electron chi connectivity index (χ1n) is 15.0. The Morgan fingerprint density at radius 3 is 2.62 bits per heavy atom. The Labute approximate surface area is 259 Å². The third-order valence-electron chi connectivity index (χ3n) is 9.29. The molecule has 242 valence electrons. The molecule has 2 N–H and O–H groups in total. The molecule has 3 aromatic rings. The first-order chi connectivity index (χ1) is 21.2. The molecular formula is C30H36F3N7O4S. The standard InChI is InChI=1S/C30H36F3N7O4S/c1-19-9-14-34-22-5-4-6-25(35-22)45(42,43)38-27(41)21-7-8-23(36-26(21)39-18-20(19)17-28(39,2)3)40-15-10-24(37-40)44-16-13-29(11-12-29)30(31,32)33/h4-8,10,15,19-20H,9,11-14,16-18H2,1-3H3,(H,34,35)(H,38,41)/t19-,20-/m0/s1. The van der Waals surface area contributed by atoms with Gasteiger partial charge in [-0.3, -0.25) is 4.79 Å². The summed E-state index contributed by atoms with van der Waals surface area (Å²) in [7, 11) is -4.31. The number of hydrogen-bond donors (Lipinski definition) is 2. The van der Waals surface area contributed by atoms with Crippen LogP contribution in [0.2, 0.25) is 0 Å². The quantitative estimate of drug-likeness (QED) is 0.395. The van der Waals surface area contributed by atoms with Gasteiger partial charge in [0, 0.05) is 30.9 Å². The van der Waals surface area contributed by atoms with Crippen LogP contribution in [0.15, 0.2) is 47.6 Å². The SMILES string of the molecule is C[C@H]1CCNc2cccc(n2)S(=O)(=O)NC(=O)c2ccc(-n3ccc(OCCC4(C(F)(F)F)CC4)n3)nc2N2C[C@@H]1CC2(C)C. The van der Waals surface area contributed by atoms with Crippen molar-refractivity contribution in [3.8, 4) is 11.7 Å². The van der Waals surface area contributed by atoms with E-state index < -0.39 is 33.1 Å². The summed E-state index contributed by atoms with van der Waals surface area (Å²) in [6, 6.07) is 9.14. The van der Waals surface area contributed by atoms with Crippen molar-refractivity contribution in [1.29, 1.82) is 0 Å². The van der Waals surface area contributed by atoms with E-state index in [4.69, 9.17) is 9.72 Å². The first kappa shape index (κ1) is 31.1. The van der Waals surface area contributed by atoms with Crippen LogP contribution >= 0.6 is 0 Å². The third-order valence-corrected chi connectivity index (χ3v) is 10.5. The van der Waals surface area contributed by atoms with Crippen LogP contribution in [-0.2, 0) is 10.0 Å². The number of amides is 1. The van der Waals surface area contributed by atoms with E-state index in [1.54, 1.807) is 18.3 Å². The minimum Gasteiger partial charge on any atom is -0.477 e. The van der Waals surface area contributed by atoms with Gasteiger partial charge in [0.15, 0.2) is 10.8 Å². The summed E-state index contributed by atoms with van der Waals surface area (Å²) in [5.74, 6) is 0.903. The van der Waals surface area contributed by atoms with Crippen molar-refractivity contribution >= 4 is 27.6 Å². The fraction of sp³-hybridized carbons (Fsp3) is 0.533. The lowest BCUT2D eigenvalue weighted by Crippen LogP contribution is -2.41. The van der Waals surface area contributed by atoms with E-state index in [1.165, 1.54) is 28.9 Å². The zero-order chi connectivity index (χ0) is 32.2. The maximum Gasteiger partial charge on any atom is 0.394 e. The third kappa shape index (κ3) is 6.18. The number of hydrogen-bond acceptors (Lipinski definition) is 9. The van der Waals surface area contributed by atoms with Gasteiger partial charge in [0.25, 0.3) is 15.9 Å². The average molecular weight is 648 g/mol. The van der Waals surface area contributed by atoms with Gasteiger partial charge in [-0.2, -0.15) is 21.6 Å². The zero-order valence-electron chi connectivity index (χ0n) is 25.3. The van der Waals surface area contributed by atoms with Gasteiger partial charge >= 0.3 is 6.18 Å². The van der Waals surface area contributed by atoms with Gasteiger partial charge in [-0.05, 0) is 82.1 Å². The van der Waals surface area contributed by atoms with Crippen LogP contribution < -0.4 is 19.7 Å². The molecule has 1 aliphatic carbocycles. The molecule has 11 nitrogen and oxygen atoms in total. The zero-order valence-corrected chi connectivity index (χ0v) is 26.1. The summed E-state index contributed by atoms with van der Waals surface area (Å²) in [5, 5.41) is 7.27. The maximum atomic E-state index is 13.6. The minimum absolute atomic E-state index is 0.0679. The fourth-order valence-corrected chi connectivity index (χ4v) is 7.18. The number of pyridine rings is 2. The molecule has 1 amide bonds. The van der Waals surface area contributed by atoms with E-state index in [1.807, 2.05) is 4.90 Å². The molecule has 0 spiro atoms. The molecule has 1 saturated heterocycles. The summed E-state index contributed by atoms with van der Waals surface area (Å²) < 4.78 is 75.4. The molecule has 0 aromatic carbocycles. The average Bonchev–Trinajstić information content (AvgIpc) is 3.51. The van der Waals surface area contributed by atoms with Gasteiger partial charge in [0.2, 0.25) is 5.88 Å². The van der Waals surface area contributed by atoms with E-state index in [-0.39, 0.29) is 48.3 Å². The lowest BCUT2D eigenvalue weighted by molar-refractivity contribution is -0.190. The van der Waals surface area contributed by atoms with Crippen LogP contribution in [0, 0.1) is 17.3 Å². The minimum atomic E-state index is -4.31. The Hall–Kier alpha value is -3.88. The smallest absolute Gasteiger partial charge is 0.394 e. The van der Waals surface area contributed by atoms with Crippen molar-refractivity contribution in [2.75, 3.05) is 29.9 Å². The molecule has 0 radical (unpaired) electrons. The van der Waals surface area contributed by atoms with Crippen LogP contribution in [0.3, 0.4) is 0 Å². The summed E-state index contributed by atoms with van der Waals surface area (Å²) in [5.41, 5.74) is -2.01. The van der Waals surface area contributed by atoms with E-state index in [2.05, 4.69) is 40.9 Å². The lowest BCUT2D eigenvalue weighted by Gasteiger charge is -2.34. The predicted molar refractivity (Wildman–Crippen MR) is 160 cm³/mol. The van der Waals surface area contributed by atoms with Crippen LogP contribution in [0.25, 0.3) is 5.82 Å². The number of aromatic nitrogens is 4. The van der Waals surface area contributed by atoms with E-state index in [0.717, 1.165) is 12.8 Å². The molecule has 1 saturated carbocycles. The monoisotopic (exact) mass is 647 g/mol. The molecule has 45 heavy (non-hydrogen) atoms. The number of fused-ring (bicyclic) bond motifs is 6. The van der Waals surface area contributed by atoms with Gasteiger partial charge in [-0.25, -0.2) is 19.4 Å². The molecule has 5 heterocycles. The second kappa shape index (κ2) is 11.2. The van der Waals surface area contributed by atoms with Crippen LogP contribution in [-0.4, -0.2) is 65.5 Å². The molecule has 3 aromatic heterocycles. The van der Waals surface area contributed by atoms with E-state index in [9.17, 15) is 26.4 Å². The van der Waals surface area contributed by atoms with Crippen LogP contribution in [0.5, 0.6) is 5.88 Å². The molecule has 2 aliphatic heterocycles. The van der Waals surface area contributed by atoms with Gasteiger partial charge in [0.05, 0.1) is 17.6 Å². The van der Waals surface area contributed by atoms with Crippen molar-refractivity contribution in [3.05, 3.63) is 48.2 Å². The largest absolute Gasteiger partial charge is 0.477 e. The Morgan fingerprint density at radius 1 is 1.11 bits per heavy atom. The summed E-state index contributed by atoms with van der Waals surface area (Å²) in [4.78, 5) is 24.7. The molecule has 6 rings (SSSR count). The molecule has 0 unspecified atom stereocenters. The molecule has 3 aliphatic rings. The number of sulfonamides is 1. The topological polar surface area (TPSA) is 131 Å². The highest BCUT2D eigenvalue weighted by Crippen LogP contribution is 2.59. The lowest BCUT2D eigenvalue weighted by atomic mass is 9.86. The van der Waals surface area contributed by atoms with Gasteiger partial charge in [-0.15, -0.1) is 5.10 Å². The van der Waals surface area contributed by atoms with Crippen molar-refractivity contribution in [2.24, 2.45) is 17.3 Å². The number of alkyl halides is 3. The van der Waals surface area contributed by atoms with Crippen LogP contribution in [0.1, 0.15) is 63.2 Å². The Kier molecular flexibility index (Phi) is 7.73. The highest BCUT2D eigenvalue weighted by atomic mass is 32.2. The van der Waals surface area contributed by atoms with Crippen molar-refractivity contribution in [2.45, 2.75) is 69.6 Å². The van der Waals surface area contributed by atoms with Gasteiger partial charge in [0.1, 0.15) is 11.6 Å². The fourth-order valence-electron chi connectivity index (χ4n) is 6.25. The second-order valence-electron chi connectivity index (χ2n) is 12.9. The molecule has 2 fully saturated rings. The number of nitrogens with zero attached hydrogens (tertiary/aromatic N) is 5. The number of anilines is 2. The van der Waals surface area contributed by atoms with Gasteiger partial charge in [-0.1, -0.05) is 13.0 Å². The number of nitrogens with one attached hydrogen (secondary N) is 2. The number of carbonyl (C=O) groups excluding carboxylic acids is 1. The summed E-state index contributed by atoms with van der Waals surface area (Å²) in [6.45, 7) is 7.38. The molecule has 4 bridgehead atoms. The maximum absolute atomic E-state index is 13.6. The number of rotatable bonds is 5. The van der Waals surface area contributed by atoms with E-state index in [0.29, 0.717) is 36.5 Å². The van der Waals surface area contributed by atoms with E-state index >= 15 is 0 Å². The Bertz CT molecular complexity index is 1710. The molecule has 2 atom stereocenters. The Balaban J connectivity index is 1.32. The first-order valence-corrected chi connectivity index (χ1v) is 16.5. The van der Waals surface area contributed by atoms with Gasteiger partial charge < -0.3 is 15.0 Å². The summed E-state index contributed by atoms with van der Waals surface area (Å²) >= 11 is 0. The van der Waals surface area contributed by atoms with Crippen molar-refractivity contribution in [1.82, 2.24) is 24.5 Å². The highest BCUT2D eigenvalue weighted by molar-refractivity contribution is 7.90. The molecule has 15 heteroatoms. The number of carbonyl (C=O) groups is 1. The number of halogens is 3. The molecular weight excluding hydrogens is 611 g/mol. The second-order valence-corrected chi connectivity index (χ2v) is 14.5.